The quantitative estimate of drug-likeness (QED) is 0.816. The molecular formula is C16H15NO4S. The number of hydrogen-bond donors (Lipinski definition) is 1. The maximum Gasteiger partial charge on any atom is 0.303 e. The van der Waals surface area contributed by atoms with Crippen LogP contribution < -0.4 is 0 Å². The number of amides is 2. The van der Waals surface area contributed by atoms with E-state index in [4.69, 9.17) is 5.11 Å². The molecule has 0 unspecified atom stereocenters. The fraction of sp³-hybridized carbons (Fsp3) is 0.188. The Hall–Kier alpha value is -2.34. The Labute approximate surface area is 132 Å². The van der Waals surface area contributed by atoms with Gasteiger partial charge in [0.2, 0.25) is 0 Å². The zero-order chi connectivity index (χ0) is 15.9. The predicted molar refractivity (Wildman–Crippen MR) is 85.1 cm³/mol. The van der Waals surface area contributed by atoms with Crippen molar-refractivity contribution >= 4 is 35.0 Å². The molecule has 0 saturated carbocycles. The Kier molecular flexibility index (Phi) is 5.55. The SMILES string of the molecule is O=C(O)CCCN1C(=O)S/C(=C/C=C/c2ccccc2)C1=O. The van der Waals surface area contributed by atoms with Gasteiger partial charge in [-0.2, -0.15) is 0 Å². The van der Waals surface area contributed by atoms with Crippen LogP contribution in [0.15, 0.2) is 47.4 Å². The molecule has 0 aromatic heterocycles. The minimum atomic E-state index is -0.937. The number of carbonyl (C=O) groups excluding carboxylic acids is 2. The van der Waals surface area contributed by atoms with Crippen molar-refractivity contribution in [3.05, 3.63) is 53.0 Å². The first-order chi connectivity index (χ1) is 10.6. The second-order valence-corrected chi connectivity index (χ2v) is 5.62. The number of nitrogens with zero attached hydrogens (tertiary/aromatic N) is 1. The molecule has 114 valence electrons. The third-order valence-corrected chi connectivity index (χ3v) is 3.91. The molecule has 0 bridgehead atoms. The van der Waals surface area contributed by atoms with Gasteiger partial charge in [0.1, 0.15) is 0 Å². The lowest BCUT2D eigenvalue weighted by molar-refractivity contribution is -0.137. The van der Waals surface area contributed by atoms with Crippen molar-refractivity contribution in [2.45, 2.75) is 12.8 Å². The van der Waals surface area contributed by atoms with E-state index in [2.05, 4.69) is 0 Å². The number of allylic oxidation sites excluding steroid dienone is 2. The van der Waals surface area contributed by atoms with Crippen LogP contribution in [-0.4, -0.2) is 33.7 Å². The van der Waals surface area contributed by atoms with Gasteiger partial charge in [-0.25, -0.2) is 0 Å². The lowest BCUT2D eigenvalue weighted by atomic mass is 10.2. The second-order valence-electron chi connectivity index (χ2n) is 4.62. The van der Waals surface area contributed by atoms with Crippen LogP contribution in [0.1, 0.15) is 18.4 Å². The zero-order valence-electron chi connectivity index (χ0n) is 11.8. The van der Waals surface area contributed by atoms with E-state index >= 15 is 0 Å². The number of carboxylic acids is 1. The number of imide groups is 1. The standard InChI is InChI=1S/C16H15NO4S/c18-14(19)10-5-11-17-15(20)13(22-16(17)21)9-4-8-12-6-2-1-3-7-12/h1-4,6-9H,5,10-11H2,(H,18,19)/b8-4+,13-9+. The Morgan fingerprint density at radius 3 is 2.64 bits per heavy atom. The molecule has 0 aliphatic carbocycles. The summed E-state index contributed by atoms with van der Waals surface area (Å²) in [5, 5.41) is 8.23. The van der Waals surface area contributed by atoms with Crippen molar-refractivity contribution in [3.63, 3.8) is 0 Å². The highest BCUT2D eigenvalue weighted by molar-refractivity contribution is 8.18. The van der Waals surface area contributed by atoms with E-state index in [1.165, 1.54) is 0 Å². The molecule has 0 spiro atoms. The first-order valence-electron chi connectivity index (χ1n) is 6.77. The molecule has 6 heteroatoms. The number of aliphatic carboxylic acids is 1. The summed E-state index contributed by atoms with van der Waals surface area (Å²) in [6, 6.07) is 9.61. The third-order valence-electron chi connectivity index (χ3n) is 2.98. The van der Waals surface area contributed by atoms with Crippen molar-refractivity contribution in [2.75, 3.05) is 6.54 Å². The molecule has 1 aromatic rings. The summed E-state index contributed by atoms with van der Waals surface area (Å²) < 4.78 is 0. The van der Waals surface area contributed by atoms with Gasteiger partial charge in [-0.3, -0.25) is 19.3 Å². The smallest absolute Gasteiger partial charge is 0.303 e. The van der Waals surface area contributed by atoms with Gasteiger partial charge >= 0.3 is 5.97 Å². The van der Waals surface area contributed by atoms with Crippen molar-refractivity contribution in [3.8, 4) is 0 Å². The normalized spacial score (nSPS) is 16.9. The molecular weight excluding hydrogens is 302 g/mol. The summed E-state index contributed by atoms with van der Waals surface area (Å²) in [6.45, 7) is 0.136. The fourth-order valence-electron chi connectivity index (χ4n) is 1.91. The third kappa shape index (κ3) is 4.33. The largest absolute Gasteiger partial charge is 0.481 e. The van der Waals surface area contributed by atoms with E-state index in [1.54, 1.807) is 12.2 Å². The van der Waals surface area contributed by atoms with E-state index < -0.39 is 5.97 Å². The van der Waals surface area contributed by atoms with Crippen LogP contribution in [0, 0.1) is 0 Å². The number of carboxylic acid groups (broad SMARTS) is 1. The van der Waals surface area contributed by atoms with Crippen LogP contribution in [-0.2, 0) is 9.59 Å². The van der Waals surface area contributed by atoms with Gasteiger partial charge in [-0.1, -0.05) is 42.5 Å². The molecule has 22 heavy (non-hydrogen) atoms. The zero-order valence-corrected chi connectivity index (χ0v) is 12.6. The highest BCUT2D eigenvalue weighted by Crippen LogP contribution is 2.30. The van der Waals surface area contributed by atoms with Crippen LogP contribution in [0.3, 0.4) is 0 Å². The molecule has 1 heterocycles. The maximum atomic E-state index is 12.1. The van der Waals surface area contributed by atoms with E-state index in [9.17, 15) is 14.4 Å². The minimum absolute atomic E-state index is 0.0608. The van der Waals surface area contributed by atoms with Crippen LogP contribution in [0.5, 0.6) is 0 Å². The number of rotatable bonds is 6. The topological polar surface area (TPSA) is 74.7 Å². The number of carbonyl (C=O) groups is 3. The molecule has 0 radical (unpaired) electrons. The molecule has 5 nitrogen and oxygen atoms in total. The fourth-order valence-corrected chi connectivity index (χ4v) is 2.72. The summed E-state index contributed by atoms with van der Waals surface area (Å²) in [4.78, 5) is 35.7. The molecule has 1 saturated heterocycles. The van der Waals surface area contributed by atoms with Crippen molar-refractivity contribution in [1.29, 1.82) is 0 Å². The summed E-state index contributed by atoms with van der Waals surface area (Å²) in [6.07, 6.45) is 5.38. The molecule has 1 aromatic carbocycles. The Balaban J connectivity index is 1.97. The molecule has 1 aliphatic heterocycles. The average molecular weight is 317 g/mol. The first kappa shape index (κ1) is 16.0. The minimum Gasteiger partial charge on any atom is -0.481 e. The highest BCUT2D eigenvalue weighted by Gasteiger charge is 2.34. The summed E-state index contributed by atoms with van der Waals surface area (Å²) in [5.41, 5.74) is 0.999. The van der Waals surface area contributed by atoms with Crippen LogP contribution in [0.4, 0.5) is 4.79 Å². The number of benzene rings is 1. The molecule has 1 N–H and O–H groups in total. The summed E-state index contributed by atoms with van der Waals surface area (Å²) in [7, 11) is 0. The lowest BCUT2D eigenvalue weighted by Gasteiger charge is -2.10. The lowest BCUT2D eigenvalue weighted by Crippen LogP contribution is -2.29. The summed E-state index contributed by atoms with van der Waals surface area (Å²) in [5.74, 6) is -1.30. The van der Waals surface area contributed by atoms with Crippen LogP contribution in [0.2, 0.25) is 0 Å². The van der Waals surface area contributed by atoms with E-state index in [0.29, 0.717) is 4.91 Å². The van der Waals surface area contributed by atoms with E-state index in [0.717, 1.165) is 22.2 Å². The van der Waals surface area contributed by atoms with E-state index in [-0.39, 0.29) is 30.5 Å². The van der Waals surface area contributed by atoms with Crippen LogP contribution in [0.25, 0.3) is 6.08 Å². The predicted octanol–water partition coefficient (Wildman–Crippen LogP) is 3.14. The van der Waals surface area contributed by atoms with Crippen LogP contribution >= 0.6 is 11.8 Å². The van der Waals surface area contributed by atoms with Gasteiger partial charge in [0.25, 0.3) is 11.1 Å². The monoisotopic (exact) mass is 317 g/mol. The molecule has 0 atom stereocenters. The number of thioether (sulfide) groups is 1. The molecule has 2 amide bonds. The Morgan fingerprint density at radius 1 is 1.23 bits per heavy atom. The Morgan fingerprint density at radius 2 is 1.95 bits per heavy atom. The maximum absolute atomic E-state index is 12.1. The molecule has 1 fully saturated rings. The van der Waals surface area contributed by atoms with Crippen molar-refractivity contribution in [2.24, 2.45) is 0 Å². The van der Waals surface area contributed by atoms with Gasteiger partial charge in [0, 0.05) is 13.0 Å². The first-order valence-corrected chi connectivity index (χ1v) is 7.58. The van der Waals surface area contributed by atoms with Gasteiger partial charge in [0.05, 0.1) is 4.91 Å². The molecule has 2 rings (SSSR count). The van der Waals surface area contributed by atoms with E-state index in [1.807, 2.05) is 36.4 Å². The average Bonchev–Trinajstić information content (AvgIpc) is 2.76. The van der Waals surface area contributed by atoms with Gasteiger partial charge in [-0.05, 0) is 29.8 Å². The molecule has 1 aliphatic rings. The summed E-state index contributed by atoms with van der Waals surface area (Å²) >= 11 is 0.876. The van der Waals surface area contributed by atoms with Crippen molar-refractivity contribution < 1.29 is 19.5 Å². The Bertz CT molecular complexity index is 637. The van der Waals surface area contributed by atoms with Gasteiger partial charge in [0.15, 0.2) is 0 Å². The second kappa shape index (κ2) is 7.61. The number of hydrogen-bond acceptors (Lipinski definition) is 4. The highest BCUT2D eigenvalue weighted by atomic mass is 32.2. The van der Waals surface area contributed by atoms with Crippen molar-refractivity contribution in [1.82, 2.24) is 4.90 Å². The van der Waals surface area contributed by atoms with Gasteiger partial charge < -0.3 is 5.11 Å². The van der Waals surface area contributed by atoms with Gasteiger partial charge in [-0.15, -0.1) is 0 Å².